The van der Waals surface area contributed by atoms with Gasteiger partial charge in [-0.3, -0.25) is 14.2 Å². The van der Waals surface area contributed by atoms with Gasteiger partial charge in [-0.1, -0.05) is 30.3 Å². The van der Waals surface area contributed by atoms with Crippen LogP contribution in [0, 0.1) is 6.92 Å². The molecule has 0 aliphatic carbocycles. The maximum absolute atomic E-state index is 13.4. The van der Waals surface area contributed by atoms with Gasteiger partial charge in [-0.05, 0) is 56.2 Å². The molecule has 0 bridgehead atoms. The first-order valence-electron chi connectivity index (χ1n) is 12.2. The van der Waals surface area contributed by atoms with Gasteiger partial charge in [-0.25, -0.2) is 9.78 Å². The molecule has 188 valence electrons. The van der Waals surface area contributed by atoms with E-state index in [2.05, 4.69) is 5.32 Å². The van der Waals surface area contributed by atoms with Crippen molar-refractivity contribution < 1.29 is 14.7 Å². The van der Waals surface area contributed by atoms with E-state index in [1.165, 1.54) is 4.57 Å². The Balaban J connectivity index is 1.57. The van der Waals surface area contributed by atoms with E-state index in [0.29, 0.717) is 28.0 Å². The van der Waals surface area contributed by atoms with Gasteiger partial charge >= 0.3 is 5.97 Å². The first kappa shape index (κ1) is 24.2. The Hall–Kier alpha value is -4.46. The van der Waals surface area contributed by atoms with Crippen LogP contribution < -0.4 is 10.9 Å². The molecule has 1 atom stereocenters. The van der Waals surface area contributed by atoms with Crippen molar-refractivity contribution in [2.45, 2.75) is 26.3 Å². The van der Waals surface area contributed by atoms with Crippen LogP contribution in [0.4, 0.5) is 5.69 Å². The third-order valence-corrected chi connectivity index (χ3v) is 6.88. The highest BCUT2D eigenvalue weighted by molar-refractivity contribution is 5.95. The fraction of sp³-hybridized carbons (Fsp3) is 0.241. The van der Waals surface area contributed by atoms with Crippen molar-refractivity contribution in [2.24, 2.45) is 7.05 Å². The van der Waals surface area contributed by atoms with Gasteiger partial charge in [0, 0.05) is 42.5 Å². The first-order chi connectivity index (χ1) is 17.7. The summed E-state index contributed by atoms with van der Waals surface area (Å²) in [5.74, 6) is -0.518. The molecule has 8 heteroatoms. The maximum atomic E-state index is 13.4. The number of para-hydroxylation sites is 1. The number of likely N-dealkylation sites (tertiary alicyclic amines) is 1. The van der Waals surface area contributed by atoms with Crippen LogP contribution in [0.5, 0.6) is 0 Å². The molecule has 4 aromatic rings. The average molecular weight is 497 g/mol. The van der Waals surface area contributed by atoms with Gasteiger partial charge in [0.15, 0.2) is 0 Å². The minimum Gasteiger partial charge on any atom is -0.478 e. The van der Waals surface area contributed by atoms with E-state index in [1.54, 1.807) is 43.4 Å². The zero-order valence-corrected chi connectivity index (χ0v) is 21.0. The van der Waals surface area contributed by atoms with Crippen LogP contribution in [0.3, 0.4) is 0 Å². The molecule has 1 saturated heterocycles. The largest absolute Gasteiger partial charge is 0.478 e. The number of hydrogen-bond donors (Lipinski definition) is 2. The molecular formula is C29H28N4O4. The number of carboxylic acids is 1. The van der Waals surface area contributed by atoms with Crippen molar-refractivity contribution in [3.05, 3.63) is 93.3 Å². The predicted octanol–water partition coefficient (Wildman–Crippen LogP) is 4.63. The monoisotopic (exact) mass is 496 g/mol. The van der Waals surface area contributed by atoms with Gasteiger partial charge in [0.1, 0.15) is 5.82 Å². The summed E-state index contributed by atoms with van der Waals surface area (Å²) in [5.41, 5.74) is 4.07. The number of amides is 1. The second-order valence-electron chi connectivity index (χ2n) is 9.49. The Morgan fingerprint density at radius 2 is 1.76 bits per heavy atom. The lowest BCUT2D eigenvalue weighted by molar-refractivity contribution is 0.0650. The van der Waals surface area contributed by atoms with Gasteiger partial charge in [0.05, 0.1) is 22.5 Å². The van der Waals surface area contributed by atoms with E-state index in [-0.39, 0.29) is 23.1 Å². The van der Waals surface area contributed by atoms with E-state index in [0.717, 1.165) is 36.2 Å². The van der Waals surface area contributed by atoms with Gasteiger partial charge in [-0.15, -0.1) is 0 Å². The number of fused-ring (bicyclic) bond motifs is 1. The molecule has 37 heavy (non-hydrogen) atoms. The number of aryl methyl sites for hydroxylation is 1. The number of rotatable bonds is 6. The van der Waals surface area contributed by atoms with Crippen molar-refractivity contribution in [3.8, 4) is 11.4 Å². The fourth-order valence-corrected chi connectivity index (χ4v) is 4.71. The smallest absolute Gasteiger partial charge is 0.337 e. The first-order valence-corrected chi connectivity index (χ1v) is 12.2. The number of nitrogens with zero attached hydrogens (tertiary/aromatic N) is 3. The predicted molar refractivity (Wildman–Crippen MR) is 143 cm³/mol. The molecule has 2 N–H and O–H groups in total. The summed E-state index contributed by atoms with van der Waals surface area (Å²) in [5, 5.41) is 13.4. The summed E-state index contributed by atoms with van der Waals surface area (Å²) in [6.45, 7) is 5.41. The van der Waals surface area contributed by atoms with Crippen LogP contribution in [-0.4, -0.2) is 44.5 Å². The van der Waals surface area contributed by atoms with Crippen LogP contribution in [0.1, 0.15) is 51.2 Å². The Morgan fingerprint density at radius 3 is 2.41 bits per heavy atom. The number of benzene rings is 3. The lowest BCUT2D eigenvalue weighted by Gasteiger charge is -2.30. The minimum atomic E-state index is -1.02. The Kier molecular flexibility index (Phi) is 6.25. The maximum Gasteiger partial charge on any atom is 0.337 e. The van der Waals surface area contributed by atoms with Gasteiger partial charge in [0.25, 0.3) is 11.5 Å². The van der Waals surface area contributed by atoms with E-state index < -0.39 is 5.97 Å². The Bertz CT molecular complexity index is 1590. The van der Waals surface area contributed by atoms with Crippen molar-refractivity contribution in [1.82, 2.24) is 14.5 Å². The summed E-state index contributed by atoms with van der Waals surface area (Å²) in [6, 6.07) is 17.4. The van der Waals surface area contributed by atoms with E-state index in [9.17, 15) is 19.5 Å². The molecule has 0 spiro atoms. The molecule has 1 fully saturated rings. The zero-order chi connectivity index (χ0) is 26.3. The molecule has 0 radical (unpaired) electrons. The summed E-state index contributed by atoms with van der Waals surface area (Å²) >= 11 is 0. The van der Waals surface area contributed by atoms with Gasteiger partial charge in [0.2, 0.25) is 0 Å². The fourth-order valence-electron chi connectivity index (χ4n) is 4.71. The van der Waals surface area contributed by atoms with Crippen molar-refractivity contribution in [3.63, 3.8) is 0 Å². The lowest BCUT2D eigenvalue weighted by Crippen LogP contribution is -2.41. The number of anilines is 1. The van der Waals surface area contributed by atoms with E-state index >= 15 is 0 Å². The highest BCUT2D eigenvalue weighted by Gasteiger charge is 2.22. The standard InChI is InChI=1S/C29H28N4O4/c1-17-15-22(18(2)30-24-8-5-4-7-21(24)29(36)37)25-23(16-17)28(35)32(3)26(31-25)19-9-11-20(12-10-19)27(34)33-13-6-14-33/h4-5,7-12,15-16,18,30H,6,13-14H2,1-3H3,(H,36,37)/t18-/m1/s1. The van der Waals surface area contributed by atoms with Crippen molar-refractivity contribution in [2.75, 3.05) is 18.4 Å². The van der Waals surface area contributed by atoms with Crippen LogP contribution in [0.15, 0.2) is 65.5 Å². The Morgan fingerprint density at radius 1 is 1.05 bits per heavy atom. The molecule has 1 aromatic heterocycles. The average Bonchev–Trinajstić information content (AvgIpc) is 2.85. The van der Waals surface area contributed by atoms with Gasteiger partial charge < -0.3 is 15.3 Å². The van der Waals surface area contributed by atoms with E-state index in [1.807, 2.05) is 43.0 Å². The summed E-state index contributed by atoms with van der Waals surface area (Å²) < 4.78 is 1.52. The normalized spacial score (nSPS) is 13.8. The Labute approximate surface area is 214 Å². The van der Waals surface area contributed by atoms with Crippen LogP contribution >= 0.6 is 0 Å². The highest BCUT2D eigenvalue weighted by atomic mass is 16.4. The van der Waals surface area contributed by atoms with Crippen LogP contribution in [0.2, 0.25) is 0 Å². The molecule has 0 unspecified atom stereocenters. The number of hydrogen-bond acceptors (Lipinski definition) is 5. The molecule has 1 aliphatic heterocycles. The molecule has 8 nitrogen and oxygen atoms in total. The van der Waals surface area contributed by atoms with Gasteiger partial charge in [-0.2, -0.15) is 0 Å². The molecule has 1 amide bonds. The third-order valence-electron chi connectivity index (χ3n) is 6.88. The number of nitrogens with one attached hydrogen (secondary N) is 1. The molecular weight excluding hydrogens is 468 g/mol. The van der Waals surface area contributed by atoms with E-state index in [4.69, 9.17) is 4.98 Å². The summed E-state index contributed by atoms with van der Waals surface area (Å²) in [6.07, 6.45) is 1.03. The van der Waals surface area contributed by atoms with Crippen molar-refractivity contribution >= 4 is 28.5 Å². The SMILES string of the molecule is Cc1cc([C@@H](C)Nc2ccccc2C(=O)O)c2nc(-c3ccc(C(=O)N4CCC4)cc3)n(C)c(=O)c2c1. The van der Waals surface area contributed by atoms with Crippen LogP contribution in [0.25, 0.3) is 22.3 Å². The minimum absolute atomic E-state index is 0.0115. The quantitative estimate of drug-likeness (QED) is 0.403. The molecule has 1 aliphatic rings. The summed E-state index contributed by atoms with van der Waals surface area (Å²) in [7, 11) is 1.69. The number of aromatic nitrogens is 2. The number of carbonyl (C=O) groups is 2. The van der Waals surface area contributed by atoms with Crippen LogP contribution in [-0.2, 0) is 7.05 Å². The third kappa shape index (κ3) is 4.46. The topological polar surface area (TPSA) is 105 Å². The highest BCUT2D eigenvalue weighted by Crippen LogP contribution is 2.29. The second kappa shape index (κ2) is 9.54. The second-order valence-corrected chi connectivity index (χ2v) is 9.49. The number of carboxylic acid groups (broad SMARTS) is 1. The number of aromatic carboxylic acids is 1. The molecule has 3 aromatic carbocycles. The summed E-state index contributed by atoms with van der Waals surface area (Å²) in [4.78, 5) is 44.4. The molecule has 0 saturated carbocycles. The zero-order valence-electron chi connectivity index (χ0n) is 21.0. The molecule has 5 rings (SSSR count). The van der Waals surface area contributed by atoms with Crippen molar-refractivity contribution in [1.29, 1.82) is 0 Å². The number of carbonyl (C=O) groups excluding carboxylic acids is 1. The molecule has 2 heterocycles. The lowest BCUT2D eigenvalue weighted by atomic mass is 10.00.